The van der Waals surface area contributed by atoms with E-state index in [1.54, 1.807) is 6.20 Å². The van der Waals surface area contributed by atoms with Crippen molar-refractivity contribution in [1.82, 2.24) is 15.2 Å². The Balaban J connectivity index is 2.32. The maximum atomic E-state index is 10.7. The molecule has 0 unspecified atom stereocenters. The number of rotatable bonds is 2. The van der Waals surface area contributed by atoms with Crippen LogP contribution >= 0.6 is 0 Å². The molecule has 0 saturated carbocycles. The number of carbonyl (C=O) groups excluding carboxylic acids is 1. The SMILES string of the molecule is O=Cc1cc2c(-c3cn[nH]c3)cccc2[nH]1. The van der Waals surface area contributed by atoms with E-state index < -0.39 is 0 Å². The lowest BCUT2D eigenvalue weighted by atomic mass is 10.1. The fourth-order valence-electron chi connectivity index (χ4n) is 1.89. The lowest BCUT2D eigenvalue weighted by molar-refractivity contribution is 0.112. The number of hydrogen-bond acceptors (Lipinski definition) is 2. The van der Waals surface area contributed by atoms with Crippen molar-refractivity contribution < 1.29 is 4.79 Å². The number of hydrogen-bond donors (Lipinski definition) is 2. The second kappa shape index (κ2) is 3.34. The molecule has 3 rings (SSSR count). The van der Waals surface area contributed by atoms with Gasteiger partial charge in [-0.15, -0.1) is 0 Å². The fraction of sp³-hybridized carbons (Fsp3) is 0. The highest BCUT2D eigenvalue weighted by molar-refractivity contribution is 5.98. The summed E-state index contributed by atoms with van der Waals surface area (Å²) in [5.41, 5.74) is 3.63. The predicted molar refractivity (Wildman–Crippen MR) is 61.3 cm³/mol. The van der Waals surface area contributed by atoms with E-state index in [4.69, 9.17) is 0 Å². The Kier molecular flexibility index (Phi) is 1.86. The maximum absolute atomic E-state index is 10.7. The van der Waals surface area contributed by atoms with Crippen molar-refractivity contribution in [3.63, 3.8) is 0 Å². The lowest BCUT2D eigenvalue weighted by Gasteiger charge is -1.98. The first-order valence-electron chi connectivity index (χ1n) is 4.94. The minimum atomic E-state index is 0.589. The van der Waals surface area contributed by atoms with E-state index >= 15 is 0 Å². The standard InChI is InChI=1S/C12H9N3O/c16-7-9-4-11-10(8-5-13-14-6-8)2-1-3-12(11)15-9/h1-7,15H,(H,13,14). The summed E-state index contributed by atoms with van der Waals surface area (Å²) in [5.74, 6) is 0. The van der Waals surface area contributed by atoms with Crippen LogP contribution in [0.4, 0.5) is 0 Å². The Morgan fingerprint density at radius 3 is 3.00 bits per heavy atom. The van der Waals surface area contributed by atoms with Gasteiger partial charge in [0.05, 0.1) is 11.9 Å². The van der Waals surface area contributed by atoms with E-state index in [2.05, 4.69) is 15.2 Å². The van der Waals surface area contributed by atoms with Crippen LogP contribution in [0, 0.1) is 0 Å². The molecule has 0 spiro atoms. The van der Waals surface area contributed by atoms with Crippen LogP contribution in [0.5, 0.6) is 0 Å². The first kappa shape index (κ1) is 8.91. The molecule has 0 saturated heterocycles. The molecule has 1 aromatic carbocycles. The van der Waals surface area contributed by atoms with E-state index in [0.717, 1.165) is 28.3 Å². The van der Waals surface area contributed by atoms with Crippen LogP contribution in [0.2, 0.25) is 0 Å². The zero-order valence-electron chi connectivity index (χ0n) is 8.40. The number of benzene rings is 1. The Hall–Kier alpha value is -2.36. The highest BCUT2D eigenvalue weighted by atomic mass is 16.1. The van der Waals surface area contributed by atoms with Crippen molar-refractivity contribution >= 4 is 17.2 Å². The molecule has 0 fully saturated rings. The Morgan fingerprint density at radius 2 is 2.25 bits per heavy atom. The van der Waals surface area contributed by atoms with Gasteiger partial charge in [-0.2, -0.15) is 5.10 Å². The lowest BCUT2D eigenvalue weighted by Crippen LogP contribution is -1.75. The molecule has 0 amide bonds. The molecule has 0 aliphatic heterocycles. The quantitative estimate of drug-likeness (QED) is 0.639. The van der Waals surface area contributed by atoms with Gasteiger partial charge < -0.3 is 4.98 Å². The first-order chi connectivity index (χ1) is 7.88. The molecular weight excluding hydrogens is 202 g/mol. The monoisotopic (exact) mass is 211 g/mol. The van der Waals surface area contributed by atoms with Crippen LogP contribution in [0.3, 0.4) is 0 Å². The van der Waals surface area contributed by atoms with Gasteiger partial charge in [0.25, 0.3) is 0 Å². The summed E-state index contributed by atoms with van der Waals surface area (Å²) in [4.78, 5) is 13.8. The van der Waals surface area contributed by atoms with Gasteiger partial charge in [0.15, 0.2) is 6.29 Å². The van der Waals surface area contributed by atoms with E-state index in [1.165, 1.54) is 0 Å². The maximum Gasteiger partial charge on any atom is 0.166 e. The number of aldehydes is 1. The van der Waals surface area contributed by atoms with E-state index in [1.807, 2.05) is 30.5 Å². The smallest absolute Gasteiger partial charge is 0.166 e. The summed E-state index contributed by atoms with van der Waals surface area (Å²) >= 11 is 0. The first-order valence-corrected chi connectivity index (χ1v) is 4.94. The molecule has 2 N–H and O–H groups in total. The van der Waals surface area contributed by atoms with Gasteiger partial charge in [-0.25, -0.2) is 0 Å². The third kappa shape index (κ3) is 1.24. The van der Waals surface area contributed by atoms with E-state index in [9.17, 15) is 4.79 Å². The molecule has 2 heterocycles. The number of aromatic amines is 2. The molecule has 3 aromatic rings. The third-order valence-electron chi connectivity index (χ3n) is 2.62. The van der Waals surface area contributed by atoms with Gasteiger partial charge in [-0.05, 0) is 17.7 Å². The Morgan fingerprint density at radius 1 is 1.31 bits per heavy atom. The summed E-state index contributed by atoms with van der Waals surface area (Å²) < 4.78 is 0. The van der Waals surface area contributed by atoms with Crippen molar-refractivity contribution in [3.05, 3.63) is 42.4 Å². The zero-order chi connectivity index (χ0) is 11.0. The van der Waals surface area contributed by atoms with Crippen molar-refractivity contribution in [1.29, 1.82) is 0 Å². The summed E-state index contributed by atoms with van der Waals surface area (Å²) in [7, 11) is 0. The van der Waals surface area contributed by atoms with Gasteiger partial charge >= 0.3 is 0 Å². The number of aromatic nitrogens is 3. The summed E-state index contributed by atoms with van der Waals surface area (Å²) in [6, 6.07) is 7.77. The normalized spacial score (nSPS) is 10.8. The average Bonchev–Trinajstić information content (AvgIpc) is 2.97. The summed E-state index contributed by atoms with van der Waals surface area (Å²) in [6.45, 7) is 0. The highest BCUT2D eigenvalue weighted by Crippen LogP contribution is 2.27. The number of carbonyl (C=O) groups is 1. The van der Waals surface area contributed by atoms with Crippen LogP contribution in [0.25, 0.3) is 22.0 Å². The van der Waals surface area contributed by atoms with Crippen LogP contribution in [0.15, 0.2) is 36.7 Å². The van der Waals surface area contributed by atoms with Crippen molar-refractivity contribution in [2.24, 2.45) is 0 Å². The minimum absolute atomic E-state index is 0.589. The molecule has 4 nitrogen and oxygen atoms in total. The molecule has 0 radical (unpaired) electrons. The van der Waals surface area contributed by atoms with E-state index in [0.29, 0.717) is 5.69 Å². The molecule has 0 aliphatic rings. The zero-order valence-corrected chi connectivity index (χ0v) is 8.40. The summed E-state index contributed by atoms with van der Waals surface area (Å²) in [5, 5.41) is 7.74. The van der Waals surface area contributed by atoms with Crippen molar-refractivity contribution in [3.8, 4) is 11.1 Å². The molecule has 16 heavy (non-hydrogen) atoms. The van der Waals surface area contributed by atoms with Crippen molar-refractivity contribution in [2.45, 2.75) is 0 Å². The van der Waals surface area contributed by atoms with Crippen LogP contribution in [-0.2, 0) is 0 Å². The van der Waals surface area contributed by atoms with E-state index in [-0.39, 0.29) is 0 Å². The highest BCUT2D eigenvalue weighted by Gasteiger charge is 2.07. The topological polar surface area (TPSA) is 61.5 Å². The van der Waals surface area contributed by atoms with Gasteiger partial charge in [0.2, 0.25) is 0 Å². The number of nitrogens with zero attached hydrogens (tertiary/aromatic N) is 1. The average molecular weight is 211 g/mol. The Bertz CT molecular complexity index is 637. The Labute approximate surface area is 91.3 Å². The minimum Gasteiger partial charge on any atom is -0.352 e. The molecule has 0 bridgehead atoms. The van der Waals surface area contributed by atoms with Crippen molar-refractivity contribution in [2.75, 3.05) is 0 Å². The molecule has 78 valence electrons. The molecule has 0 atom stereocenters. The van der Waals surface area contributed by atoms with Crippen LogP contribution < -0.4 is 0 Å². The number of H-pyrrole nitrogens is 2. The van der Waals surface area contributed by atoms with Crippen LogP contribution in [-0.4, -0.2) is 21.5 Å². The molecule has 2 aromatic heterocycles. The second-order valence-corrected chi connectivity index (χ2v) is 3.60. The van der Waals surface area contributed by atoms with Crippen LogP contribution in [0.1, 0.15) is 10.5 Å². The van der Waals surface area contributed by atoms with Gasteiger partial charge in [0, 0.05) is 22.7 Å². The van der Waals surface area contributed by atoms with Gasteiger partial charge in [-0.3, -0.25) is 9.89 Å². The van der Waals surface area contributed by atoms with Gasteiger partial charge in [0.1, 0.15) is 0 Å². The molecule has 4 heteroatoms. The molecular formula is C12H9N3O. The third-order valence-corrected chi connectivity index (χ3v) is 2.62. The second-order valence-electron chi connectivity index (χ2n) is 3.60. The summed E-state index contributed by atoms with van der Waals surface area (Å²) in [6.07, 6.45) is 4.42. The number of fused-ring (bicyclic) bond motifs is 1. The fourth-order valence-corrected chi connectivity index (χ4v) is 1.89. The number of nitrogens with one attached hydrogen (secondary N) is 2. The largest absolute Gasteiger partial charge is 0.352 e. The van der Waals surface area contributed by atoms with Gasteiger partial charge in [-0.1, -0.05) is 12.1 Å². The molecule has 0 aliphatic carbocycles. The predicted octanol–water partition coefficient (Wildman–Crippen LogP) is 2.37.